The van der Waals surface area contributed by atoms with E-state index in [0.29, 0.717) is 0 Å². The van der Waals surface area contributed by atoms with Crippen molar-refractivity contribution in [2.45, 2.75) is 18.9 Å². The van der Waals surface area contributed by atoms with E-state index in [-0.39, 0.29) is 30.2 Å². The highest BCUT2D eigenvalue weighted by Crippen LogP contribution is 2.36. The summed E-state index contributed by atoms with van der Waals surface area (Å²) >= 11 is 0. The van der Waals surface area contributed by atoms with Gasteiger partial charge < -0.3 is 15.7 Å². The largest absolute Gasteiger partial charge is 0.508 e. The number of aromatic hydroxyl groups is 1. The number of fused-ring (bicyclic) bond motifs is 1. The number of benzene rings is 2. The van der Waals surface area contributed by atoms with Crippen molar-refractivity contribution in [3.05, 3.63) is 71.3 Å². The molecule has 1 aliphatic carbocycles. The molecule has 2 amide bonds. The molecular formula is C20H20N2O3. The fourth-order valence-corrected chi connectivity index (χ4v) is 2.99. The lowest BCUT2D eigenvalue weighted by Crippen LogP contribution is -2.37. The Morgan fingerprint density at radius 1 is 1.12 bits per heavy atom. The molecule has 0 saturated carbocycles. The van der Waals surface area contributed by atoms with E-state index in [1.807, 2.05) is 36.4 Å². The number of nitrogens with one attached hydrogen (secondary N) is 2. The van der Waals surface area contributed by atoms with Crippen LogP contribution in [0, 0.1) is 0 Å². The van der Waals surface area contributed by atoms with Crippen LogP contribution in [0.15, 0.2) is 54.6 Å². The number of phenols is 1. The summed E-state index contributed by atoms with van der Waals surface area (Å²) in [5.41, 5.74) is 2.76. The molecular weight excluding hydrogens is 316 g/mol. The van der Waals surface area contributed by atoms with E-state index in [4.69, 9.17) is 0 Å². The molecule has 0 saturated heterocycles. The van der Waals surface area contributed by atoms with Crippen LogP contribution < -0.4 is 10.6 Å². The third kappa shape index (κ3) is 4.26. The topological polar surface area (TPSA) is 78.4 Å². The summed E-state index contributed by atoms with van der Waals surface area (Å²) in [6, 6.07) is 14.7. The molecule has 5 heteroatoms. The van der Waals surface area contributed by atoms with Crippen LogP contribution in [0.5, 0.6) is 5.75 Å². The highest BCUT2D eigenvalue weighted by Gasteiger charge is 2.25. The van der Waals surface area contributed by atoms with Crippen molar-refractivity contribution < 1.29 is 14.7 Å². The van der Waals surface area contributed by atoms with Crippen molar-refractivity contribution in [1.29, 1.82) is 0 Å². The minimum Gasteiger partial charge on any atom is -0.508 e. The average Bonchev–Trinajstić information content (AvgIpc) is 3.03. The molecule has 1 atom stereocenters. The Morgan fingerprint density at radius 3 is 2.72 bits per heavy atom. The first-order valence-electron chi connectivity index (χ1n) is 8.24. The van der Waals surface area contributed by atoms with Crippen LogP contribution in [0.3, 0.4) is 0 Å². The van der Waals surface area contributed by atoms with Crippen LogP contribution in [0.2, 0.25) is 0 Å². The van der Waals surface area contributed by atoms with Crippen LogP contribution in [-0.4, -0.2) is 23.5 Å². The van der Waals surface area contributed by atoms with E-state index in [1.54, 1.807) is 18.2 Å². The molecule has 0 aliphatic heterocycles. The molecule has 3 rings (SSSR count). The Hall–Kier alpha value is -3.08. The molecule has 2 aromatic carbocycles. The number of phenolic OH excluding ortho intramolecular Hbond substituents is 1. The van der Waals surface area contributed by atoms with Gasteiger partial charge >= 0.3 is 0 Å². The second kappa shape index (κ2) is 7.66. The standard InChI is InChI=1S/C20H20N2O3/c23-18-8-4-7-15-16(18)10-11-17(15)22-20(25)13-21-19(24)12-9-14-5-2-1-3-6-14/h1-9,12,17,23H,10-11,13H2,(H,21,24)(H,22,25)/b12-9-/t17-/m1/s1. The molecule has 0 unspecified atom stereocenters. The van der Waals surface area contributed by atoms with E-state index < -0.39 is 0 Å². The van der Waals surface area contributed by atoms with Crippen LogP contribution in [0.25, 0.3) is 6.08 Å². The third-order valence-electron chi connectivity index (χ3n) is 4.23. The Kier molecular flexibility index (Phi) is 5.14. The Bertz CT molecular complexity index is 800. The molecule has 0 fully saturated rings. The first-order chi connectivity index (χ1) is 12.1. The minimum atomic E-state index is -0.316. The summed E-state index contributed by atoms with van der Waals surface area (Å²) in [7, 11) is 0. The number of hydrogen-bond acceptors (Lipinski definition) is 3. The van der Waals surface area contributed by atoms with Crippen LogP contribution in [-0.2, 0) is 16.0 Å². The van der Waals surface area contributed by atoms with Gasteiger partial charge in [-0.05, 0) is 41.7 Å². The zero-order valence-electron chi connectivity index (χ0n) is 13.7. The zero-order chi connectivity index (χ0) is 17.6. The van der Waals surface area contributed by atoms with Gasteiger partial charge in [-0.15, -0.1) is 0 Å². The molecule has 25 heavy (non-hydrogen) atoms. The smallest absolute Gasteiger partial charge is 0.244 e. The number of rotatable bonds is 5. The predicted molar refractivity (Wildman–Crippen MR) is 95.8 cm³/mol. The summed E-state index contributed by atoms with van der Waals surface area (Å²) in [6.45, 7) is -0.0807. The number of hydrogen-bond donors (Lipinski definition) is 3. The van der Waals surface area contributed by atoms with Crippen LogP contribution in [0.1, 0.15) is 29.2 Å². The Balaban J connectivity index is 1.49. The highest BCUT2D eigenvalue weighted by atomic mass is 16.3. The van der Waals surface area contributed by atoms with E-state index >= 15 is 0 Å². The van der Waals surface area contributed by atoms with E-state index in [9.17, 15) is 14.7 Å². The highest BCUT2D eigenvalue weighted by molar-refractivity contribution is 5.94. The Labute approximate surface area is 146 Å². The zero-order valence-corrected chi connectivity index (χ0v) is 13.7. The van der Waals surface area contributed by atoms with Crippen molar-refractivity contribution in [2.24, 2.45) is 0 Å². The van der Waals surface area contributed by atoms with E-state index in [1.165, 1.54) is 6.08 Å². The van der Waals surface area contributed by atoms with Crippen molar-refractivity contribution >= 4 is 17.9 Å². The van der Waals surface area contributed by atoms with E-state index in [0.717, 1.165) is 29.5 Å². The molecule has 1 aliphatic rings. The SMILES string of the molecule is O=C(/C=C\c1ccccc1)NCC(=O)N[C@@H]1CCc2c(O)cccc21. The second-order valence-electron chi connectivity index (χ2n) is 5.97. The van der Waals surface area contributed by atoms with Gasteiger partial charge in [0, 0.05) is 6.08 Å². The molecule has 5 nitrogen and oxygen atoms in total. The maximum Gasteiger partial charge on any atom is 0.244 e. The van der Waals surface area contributed by atoms with Gasteiger partial charge in [0.05, 0.1) is 12.6 Å². The minimum absolute atomic E-state index is 0.0807. The molecule has 0 spiro atoms. The van der Waals surface area contributed by atoms with Gasteiger partial charge in [-0.3, -0.25) is 9.59 Å². The normalized spacial score (nSPS) is 15.8. The third-order valence-corrected chi connectivity index (χ3v) is 4.23. The average molecular weight is 336 g/mol. The van der Waals surface area contributed by atoms with Gasteiger partial charge in [-0.2, -0.15) is 0 Å². The van der Waals surface area contributed by atoms with Crippen molar-refractivity contribution in [2.75, 3.05) is 6.54 Å². The van der Waals surface area contributed by atoms with Gasteiger partial charge in [0.25, 0.3) is 0 Å². The molecule has 128 valence electrons. The maximum atomic E-state index is 12.1. The lowest BCUT2D eigenvalue weighted by atomic mass is 10.1. The summed E-state index contributed by atoms with van der Waals surface area (Å²) in [4.78, 5) is 23.9. The van der Waals surface area contributed by atoms with E-state index in [2.05, 4.69) is 10.6 Å². The first-order valence-corrected chi connectivity index (χ1v) is 8.24. The summed E-state index contributed by atoms with van der Waals surface area (Å²) < 4.78 is 0. The molecule has 2 aromatic rings. The van der Waals surface area contributed by atoms with Gasteiger partial charge in [0.15, 0.2) is 0 Å². The van der Waals surface area contributed by atoms with Crippen molar-refractivity contribution in [1.82, 2.24) is 10.6 Å². The number of amides is 2. The molecule has 0 bridgehead atoms. The summed E-state index contributed by atoms with van der Waals surface area (Å²) in [6.07, 6.45) is 4.59. The molecule has 0 aromatic heterocycles. The van der Waals surface area contributed by atoms with Crippen LogP contribution in [0.4, 0.5) is 0 Å². The predicted octanol–water partition coefficient (Wildman–Crippen LogP) is 2.33. The van der Waals surface area contributed by atoms with Gasteiger partial charge in [-0.25, -0.2) is 0 Å². The summed E-state index contributed by atoms with van der Waals surface area (Å²) in [5, 5.41) is 15.3. The van der Waals surface area contributed by atoms with Gasteiger partial charge in [0.1, 0.15) is 5.75 Å². The fraction of sp³-hybridized carbons (Fsp3) is 0.200. The number of carbonyl (C=O) groups excluding carboxylic acids is 2. The van der Waals surface area contributed by atoms with Crippen LogP contribution >= 0.6 is 0 Å². The monoisotopic (exact) mass is 336 g/mol. The van der Waals surface area contributed by atoms with Crippen molar-refractivity contribution in [3.63, 3.8) is 0 Å². The quantitative estimate of drug-likeness (QED) is 0.733. The molecule has 0 heterocycles. The lowest BCUT2D eigenvalue weighted by molar-refractivity contribution is -0.124. The first kappa shape index (κ1) is 16.8. The molecule has 3 N–H and O–H groups in total. The Morgan fingerprint density at radius 2 is 1.92 bits per heavy atom. The fourth-order valence-electron chi connectivity index (χ4n) is 2.99. The van der Waals surface area contributed by atoms with Gasteiger partial charge in [0.2, 0.25) is 11.8 Å². The van der Waals surface area contributed by atoms with Gasteiger partial charge in [-0.1, -0.05) is 42.5 Å². The maximum absolute atomic E-state index is 12.1. The van der Waals surface area contributed by atoms with Crippen molar-refractivity contribution in [3.8, 4) is 5.75 Å². The number of carbonyl (C=O) groups is 2. The second-order valence-corrected chi connectivity index (χ2v) is 5.97. The molecule has 0 radical (unpaired) electrons. The lowest BCUT2D eigenvalue weighted by Gasteiger charge is -2.14. The summed E-state index contributed by atoms with van der Waals surface area (Å²) in [5.74, 6) is -0.292.